The molecule has 0 spiro atoms. The molecule has 0 aliphatic carbocycles. The number of para-hydroxylation sites is 1. The zero-order valence-corrected chi connectivity index (χ0v) is 19.6. The van der Waals surface area contributed by atoms with Crippen LogP contribution in [0.4, 0.5) is 16.2 Å². The molecule has 0 bridgehead atoms. The molecule has 8 nitrogen and oxygen atoms in total. The van der Waals surface area contributed by atoms with Gasteiger partial charge in [-0.15, -0.1) is 0 Å². The number of amides is 3. The lowest BCUT2D eigenvalue weighted by Crippen LogP contribution is -2.27. The van der Waals surface area contributed by atoms with Crippen LogP contribution in [0.5, 0.6) is 17.2 Å². The number of hydrogen-bond acceptors (Lipinski definition) is 5. The summed E-state index contributed by atoms with van der Waals surface area (Å²) in [4.78, 5) is 27.1. The van der Waals surface area contributed by atoms with Gasteiger partial charge in [0.2, 0.25) is 0 Å². The standard InChI is InChI=1S/C26H30N4O4/c1-30(2)16-8-15-27-25(31)23-14-13-20(18-24(23)33-3)29-26(32)28-19-9-7-12-22(17-19)34-21-10-5-4-6-11-21/h4-7,9-14,17-18H,8,15-16H2,1-3H3,(H,27,31)(H2,28,29,32). The van der Waals surface area contributed by atoms with Gasteiger partial charge in [0, 0.05) is 30.1 Å². The number of nitrogens with zero attached hydrogens (tertiary/aromatic N) is 1. The lowest BCUT2D eigenvalue weighted by molar-refractivity contribution is 0.0949. The van der Waals surface area contributed by atoms with Crippen molar-refractivity contribution in [1.82, 2.24) is 10.2 Å². The summed E-state index contributed by atoms with van der Waals surface area (Å²) in [5.74, 6) is 1.47. The number of methoxy groups -OCH3 is 1. The molecule has 0 aliphatic rings. The normalized spacial score (nSPS) is 10.5. The van der Waals surface area contributed by atoms with Crippen molar-refractivity contribution >= 4 is 23.3 Å². The fourth-order valence-electron chi connectivity index (χ4n) is 3.20. The number of rotatable bonds is 10. The van der Waals surface area contributed by atoms with Crippen molar-refractivity contribution in [2.45, 2.75) is 6.42 Å². The molecular formula is C26H30N4O4. The van der Waals surface area contributed by atoms with Crippen molar-refractivity contribution in [3.05, 3.63) is 78.4 Å². The molecule has 0 heterocycles. The highest BCUT2D eigenvalue weighted by atomic mass is 16.5. The number of carbonyl (C=O) groups excluding carboxylic acids is 2. The highest BCUT2D eigenvalue weighted by Crippen LogP contribution is 2.25. The molecule has 3 rings (SSSR count). The molecule has 0 saturated heterocycles. The smallest absolute Gasteiger partial charge is 0.323 e. The number of carbonyl (C=O) groups is 2. The molecule has 3 aromatic rings. The minimum absolute atomic E-state index is 0.221. The number of ether oxygens (including phenoxy) is 2. The highest BCUT2D eigenvalue weighted by molar-refractivity contribution is 6.01. The van der Waals surface area contributed by atoms with E-state index in [-0.39, 0.29) is 5.91 Å². The molecule has 3 aromatic carbocycles. The van der Waals surface area contributed by atoms with Crippen molar-refractivity contribution in [2.24, 2.45) is 0 Å². The monoisotopic (exact) mass is 462 g/mol. The number of urea groups is 1. The van der Waals surface area contributed by atoms with E-state index in [0.29, 0.717) is 40.7 Å². The van der Waals surface area contributed by atoms with Crippen molar-refractivity contribution in [3.63, 3.8) is 0 Å². The summed E-state index contributed by atoms with van der Waals surface area (Å²) in [6, 6.07) is 21.0. The molecule has 3 N–H and O–H groups in total. The van der Waals surface area contributed by atoms with Gasteiger partial charge in [0.25, 0.3) is 5.91 Å². The molecule has 0 unspecified atom stereocenters. The Labute approximate surface area is 199 Å². The average Bonchev–Trinajstić information content (AvgIpc) is 2.82. The molecular weight excluding hydrogens is 432 g/mol. The summed E-state index contributed by atoms with van der Waals surface area (Å²) in [5, 5.41) is 8.43. The Morgan fingerprint density at radius 3 is 2.26 bits per heavy atom. The summed E-state index contributed by atoms with van der Waals surface area (Å²) < 4.78 is 11.2. The van der Waals surface area contributed by atoms with E-state index in [1.807, 2.05) is 50.5 Å². The first-order valence-corrected chi connectivity index (χ1v) is 11.0. The zero-order valence-electron chi connectivity index (χ0n) is 19.6. The van der Waals surface area contributed by atoms with Gasteiger partial charge in [0.1, 0.15) is 17.2 Å². The van der Waals surface area contributed by atoms with E-state index in [0.717, 1.165) is 13.0 Å². The van der Waals surface area contributed by atoms with Crippen LogP contribution in [0.25, 0.3) is 0 Å². The van der Waals surface area contributed by atoms with Crippen LogP contribution >= 0.6 is 0 Å². The summed E-state index contributed by atoms with van der Waals surface area (Å²) in [7, 11) is 5.46. The van der Waals surface area contributed by atoms with Gasteiger partial charge >= 0.3 is 6.03 Å². The number of nitrogens with one attached hydrogen (secondary N) is 3. The Balaban J connectivity index is 1.58. The average molecular weight is 463 g/mol. The van der Waals surface area contributed by atoms with Crippen LogP contribution in [0, 0.1) is 0 Å². The minimum Gasteiger partial charge on any atom is -0.496 e. The SMILES string of the molecule is COc1cc(NC(=O)Nc2cccc(Oc3ccccc3)c2)ccc1C(=O)NCCCN(C)C. The number of hydrogen-bond donors (Lipinski definition) is 3. The summed E-state index contributed by atoms with van der Waals surface area (Å²) in [5.41, 5.74) is 1.48. The molecule has 34 heavy (non-hydrogen) atoms. The van der Waals surface area contributed by atoms with E-state index < -0.39 is 6.03 Å². The van der Waals surface area contributed by atoms with Gasteiger partial charge in [-0.05, 0) is 63.5 Å². The molecule has 8 heteroatoms. The second-order valence-electron chi connectivity index (χ2n) is 7.85. The van der Waals surface area contributed by atoms with Crippen LogP contribution in [-0.4, -0.2) is 51.1 Å². The predicted molar refractivity (Wildman–Crippen MR) is 134 cm³/mol. The second kappa shape index (κ2) is 12.3. The first kappa shape index (κ1) is 24.6. The first-order chi connectivity index (χ1) is 16.4. The summed E-state index contributed by atoms with van der Waals surface area (Å²) in [6.45, 7) is 1.45. The van der Waals surface area contributed by atoms with E-state index in [2.05, 4.69) is 20.9 Å². The Hall–Kier alpha value is -4.04. The van der Waals surface area contributed by atoms with Gasteiger partial charge in [-0.2, -0.15) is 0 Å². The molecule has 0 aliphatic heterocycles. The molecule has 0 aromatic heterocycles. The fourth-order valence-corrected chi connectivity index (χ4v) is 3.20. The molecule has 0 atom stereocenters. The number of anilines is 2. The Morgan fingerprint density at radius 1 is 0.853 bits per heavy atom. The number of benzene rings is 3. The highest BCUT2D eigenvalue weighted by Gasteiger charge is 2.14. The van der Waals surface area contributed by atoms with Gasteiger partial charge in [-0.25, -0.2) is 4.79 Å². The van der Waals surface area contributed by atoms with E-state index in [4.69, 9.17) is 9.47 Å². The maximum Gasteiger partial charge on any atom is 0.323 e. The van der Waals surface area contributed by atoms with Gasteiger partial charge < -0.3 is 30.3 Å². The van der Waals surface area contributed by atoms with Crippen molar-refractivity contribution in [3.8, 4) is 17.2 Å². The van der Waals surface area contributed by atoms with Gasteiger partial charge in [-0.3, -0.25) is 4.79 Å². The van der Waals surface area contributed by atoms with E-state index in [1.165, 1.54) is 7.11 Å². The predicted octanol–water partition coefficient (Wildman–Crippen LogP) is 4.81. The van der Waals surface area contributed by atoms with Crippen LogP contribution in [0.2, 0.25) is 0 Å². The van der Waals surface area contributed by atoms with Crippen molar-refractivity contribution < 1.29 is 19.1 Å². The lowest BCUT2D eigenvalue weighted by Gasteiger charge is -2.13. The second-order valence-corrected chi connectivity index (χ2v) is 7.85. The van der Waals surface area contributed by atoms with E-state index >= 15 is 0 Å². The molecule has 0 radical (unpaired) electrons. The molecule has 0 fully saturated rings. The Kier molecular flexibility index (Phi) is 8.88. The van der Waals surface area contributed by atoms with Crippen LogP contribution < -0.4 is 25.4 Å². The van der Waals surface area contributed by atoms with Crippen LogP contribution in [0.3, 0.4) is 0 Å². The maximum absolute atomic E-state index is 12.5. The van der Waals surface area contributed by atoms with Crippen molar-refractivity contribution in [2.75, 3.05) is 44.9 Å². The lowest BCUT2D eigenvalue weighted by atomic mass is 10.1. The Morgan fingerprint density at radius 2 is 1.56 bits per heavy atom. The van der Waals surface area contributed by atoms with Crippen LogP contribution in [0.1, 0.15) is 16.8 Å². The van der Waals surface area contributed by atoms with Crippen molar-refractivity contribution in [1.29, 1.82) is 0 Å². The first-order valence-electron chi connectivity index (χ1n) is 11.0. The largest absolute Gasteiger partial charge is 0.496 e. The molecule has 178 valence electrons. The fraction of sp³-hybridized carbons (Fsp3) is 0.231. The summed E-state index contributed by atoms with van der Waals surface area (Å²) >= 11 is 0. The third-order valence-corrected chi connectivity index (χ3v) is 4.84. The Bertz CT molecular complexity index is 1100. The minimum atomic E-state index is -0.431. The topological polar surface area (TPSA) is 91.9 Å². The third-order valence-electron chi connectivity index (χ3n) is 4.84. The molecule has 0 saturated carbocycles. The van der Waals surface area contributed by atoms with Crippen LogP contribution in [-0.2, 0) is 0 Å². The maximum atomic E-state index is 12.5. The van der Waals surface area contributed by atoms with E-state index in [1.54, 1.807) is 36.4 Å². The van der Waals surface area contributed by atoms with Gasteiger partial charge in [0.05, 0.1) is 12.7 Å². The van der Waals surface area contributed by atoms with Gasteiger partial charge in [0.15, 0.2) is 0 Å². The van der Waals surface area contributed by atoms with Crippen LogP contribution in [0.15, 0.2) is 72.8 Å². The molecule has 3 amide bonds. The van der Waals surface area contributed by atoms with Gasteiger partial charge in [-0.1, -0.05) is 24.3 Å². The zero-order chi connectivity index (χ0) is 24.3. The quantitative estimate of drug-likeness (QED) is 0.376. The summed E-state index contributed by atoms with van der Waals surface area (Å²) in [6.07, 6.45) is 0.846. The van der Waals surface area contributed by atoms with E-state index in [9.17, 15) is 9.59 Å². The third kappa shape index (κ3) is 7.53.